The Morgan fingerprint density at radius 3 is 2.37 bits per heavy atom. The average molecular weight is 450 g/mol. The molecule has 2 aromatic carbocycles. The van der Waals surface area contributed by atoms with Crippen LogP contribution in [-0.2, 0) is 9.53 Å². The first-order chi connectivity index (χ1) is 14.4. The van der Waals surface area contributed by atoms with E-state index in [0.29, 0.717) is 34.3 Å². The van der Waals surface area contributed by atoms with Crippen LogP contribution in [-0.4, -0.2) is 56.1 Å². The third kappa shape index (κ3) is 5.45. The van der Waals surface area contributed by atoms with Gasteiger partial charge in [0, 0.05) is 44.3 Å². The van der Waals surface area contributed by atoms with Gasteiger partial charge in [-0.2, -0.15) is 0 Å². The molecule has 2 aromatic rings. The SMILES string of the molecule is COC(=O)c1ccc(N2CCN(CCC(=O)Nc3c(Cl)cccc3Cl)C(C)C2)cc1. The number of nitrogens with zero attached hydrogens (tertiary/aromatic N) is 2. The minimum atomic E-state index is -0.337. The van der Waals surface area contributed by atoms with Gasteiger partial charge in [0.15, 0.2) is 0 Å². The maximum Gasteiger partial charge on any atom is 0.337 e. The summed E-state index contributed by atoms with van der Waals surface area (Å²) in [4.78, 5) is 28.5. The Kier molecular flexibility index (Phi) is 7.58. The van der Waals surface area contributed by atoms with Crippen molar-refractivity contribution in [1.82, 2.24) is 4.90 Å². The molecule has 160 valence electrons. The van der Waals surface area contributed by atoms with E-state index in [1.165, 1.54) is 7.11 Å². The molecule has 8 heteroatoms. The van der Waals surface area contributed by atoms with E-state index < -0.39 is 0 Å². The van der Waals surface area contributed by atoms with Crippen LogP contribution in [0.15, 0.2) is 42.5 Å². The fourth-order valence-corrected chi connectivity index (χ4v) is 4.04. The summed E-state index contributed by atoms with van der Waals surface area (Å²) >= 11 is 12.2. The molecule has 1 N–H and O–H groups in total. The lowest BCUT2D eigenvalue weighted by atomic mass is 10.1. The lowest BCUT2D eigenvalue weighted by molar-refractivity contribution is -0.116. The van der Waals surface area contributed by atoms with Gasteiger partial charge >= 0.3 is 5.97 Å². The van der Waals surface area contributed by atoms with E-state index in [0.717, 1.165) is 25.3 Å². The van der Waals surface area contributed by atoms with Gasteiger partial charge in [0.1, 0.15) is 0 Å². The molecule has 3 rings (SSSR count). The summed E-state index contributed by atoms with van der Waals surface area (Å²) in [5.41, 5.74) is 2.07. The predicted octanol–water partition coefficient (Wildman–Crippen LogP) is 4.32. The number of halogens is 2. The summed E-state index contributed by atoms with van der Waals surface area (Å²) in [7, 11) is 1.38. The molecule has 1 amide bonds. The minimum Gasteiger partial charge on any atom is -0.465 e. The second-order valence-electron chi connectivity index (χ2n) is 7.26. The molecule has 1 unspecified atom stereocenters. The number of ether oxygens (including phenoxy) is 1. The van der Waals surface area contributed by atoms with Crippen molar-refractivity contribution in [2.75, 3.05) is 43.5 Å². The highest BCUT2D eigenvalue weighted by molar-refractivity contribution is 6.39. The molecule has 1 saturated heterocycles. The number of methoxy groups -OCH3 is 1. The van der Waals surface area contributed by atoms with Crippen LogP contribution < -0.4 is 10.2 Å². The molecule has 1 aliphatic rings. The van der Waals surface area contributed by atoms with Crippen molar-refractivity contribution in [3.63, 3.8) is 0 Å². The molecule has 0 saturated carbocycles. The van der Waals surface area contributed by atoms with E-state index in [-0.39, 0.29) is 17.9 Å². The number of para-hydroxylation sites is 1. The lowest BCUT2D eigenvalue weighted by Gasteiger charge is -2.41. The van der Waals surface area contributed by atoms with E-state index >= 15 is 0 Å². The molecule has 1 fully saturated rings. The average Bonchev–Trinajstić information content (AvgIpc) is 2.75. The normalized spacial score (nSPS) is 16.9. The maximum absolute atomic E-state index is 12.4. The van der Waals surface area contributed by atoms with E-state index in [1.807, 2.05) is 12.1 Å². The number of carbonyl (C=O) groups excluding carboxylic acids is 2. The van der Waals surface area contributed by atoms with Crippen LogP contribution in [0.4, 0.5) is 11.4 Å². The van der Waals surface area contributed by atoms with Crippen molar-refractivity contribution in [3.05, 3.63) is 58.1 Å². The molecule has 1 aliphatic heterocycles. The summed E-state index contributed by atoms with van der Waals surface area (Å²) in [5, 5.41) is 3.66. The number of hydrogen-bond acceptors (Lipinski definition) is 5. The van der Waals surface area contributed by atoms with E-state index in [1.54, 1.807) is 30.3 Å². The zero-order chi connectivity index (χ0) is 21.7. The Morgan fingerprint density at radius 1 is 1.10 bits per heavy atom. The third-order valence-corrected chi connectivity index (χ3v) is 5.90. The van der Waals surface area contributed by atoms with Crippen molar-refractivity contribution >= 4 is 46.5 Å². The molecule has 6 nitrogen and oxygen atoms in total. The van der Waals surface area contributed by atoms with Gasteiger partial charge in [0.05, 0.1) is 28.4 Å². The highest BCUT2D eigenvalue weighted by atomic mass is 35.5. The molecule has 0 aliphatic carbocycles. The highest BCUT2D eigenvalue weighted by Gasteiger charge is 2.24. The number of benzene rings is 2. The molecule has 30 heavy (non-hydrogen) atoms. The highest BCUT2D eigenvalue weighted by Crippen LogP contribution is 2.30. The van der Waals surface area contributed by atoms with Gasteiger partial charge in [-0.3, -0.25) is 9.69 Å². The molecule has 0 spiro atoms. The Hall–Kier alpha value is -2.28. The molecule has 0 radical (unpaired) electrons. The monoisotopic (exact) mass is 449 g/mol. The van der Waals surface area contributed by atoms with Crippen LogP contribution in [0.1, 0.15) is 23.7 Å². The van der Waals surface area contributed by atoms with Crippen LogP contribution in [0.3, 0.4) is 0 Å². The Bertz CT molecular complexity index is 885. The first-order valence-electron chi connectivity index (χ1n) is 9.80. The Morgan fingerprint density at radius 2 is 1.77 bits per heavy atom. The number of piperazine rings is 1. The van der Waals surface area contributed by atoms with Gasteiger partial charge < -0.3 is 15.0 Å². The molecule has 1 atom stereocenters. The van der Waals surface area contributed by atoms with Gasteiger partial charge in [0.25, 0.3) is 0 Å². The van der Waals surface area contributed by atoms with Crippen LogP contribution in [0.2, 0.25) is 10.0 Å². The van der Waals surface area contributed by atoms with Crippen LogP contribution >= 0.6 is 23.2 Å². The summed E-state index contributed by atoms with van der Waals surface area (Å²) in [6.07, 6.45) is 0.361. The van der Waals surface area contributed by atoms with Gasteiger partial charge in [-0.1, -0.05) is 29.3 Å². The predicted molar refractivity (Wildman–Crippen MR) is 121 cm³/mol. The molecular formula is C22H25Cl2N3O3. The smallest absolute Gasteiger partial charge is 0.337 e. The molecule has 0 bridgehead atoms. The number of carbonyl (C=O) groups is 2. The van der Waals surface area contributed by atoms with Crippen LogP contribution in [0.5, 0.6) is 0 Å². The van der Waals surface area contributed by atoms with E-state index in [2.05, 4.69) is 22.0 Å². The summed E-state index contributed by atoms with van der Waals surface area (Å²) < 4.78 is 4.74. The lowest BCUT2D eigenvalue weighted by Crippen LogP contribution is -2.52. The second kappa shape index (κ2) is 10.2. The largest absolute Gasteiger partial charge is 0.465 e. The first kappa shape index (κ1) is 22.4. The van der Waals surface area contributed by atoms with Crippen LogP contribution in [0.25, 0.3) is 0 Å². The second-order valence-corrected chi connectivity index (χ2v) is 8.08. The fraction of sp³-hybridized carbons (Fsp3) is 0.364. The quantitative estimate of drug-likeness (QED) is 0.665. The van der Waals surface area contributed by atoms with Gasteiger partial charge in [-0.05, 0) is 43.3 Å². The zero-order valence-electron chi connectivity index (χ0n) is 17.0. The summed E-state index contributed by atoms with van der Waals surface area (Å²) in [5.74, 6) is -0.450. The van der Waals surface area contributed by atoms with Gasteiger partial charge in [0.2, 0.25) is 5.91 Å². The van der Waals surface area contributed by atoms with Gasteiger partial charge in [-0.15, -0.1) is 0 Å². The zero-order valence-corrected chi connectivity index (χ0v) is 18.5. The molecular weight excluding hydrogens is 425 g/mol. The van der Waals surface area contributed by atoms with Crippen molar-refractivity contribution in [2.24, 2.45) is 0 Å². The first-order valence-corrected chi connectivity index (χ1v) is 10.6. The topological polar surface area (TPSA) is 61.9 Å². The number of esters is 1. The number of nitrogens with one attached hydrogen (secondary N) is 1. The number of anilines is 2. The molecule has 1 heterocycles. The van der Waals surface area contributed by atoms with Gasteiger partial charge in [-0.25, -0.2) is 4.79 Å². The minimum absolute atomic E-state index is 0.113. The van der Waals surface area contributed by atoms with Crippen molar-refractivity contribution in [3.8, 4) is 0 Å². The molecule has 0 aromatic heterocycles. The number of hydrogen-bond donors (Lipinski definition) is 1. The summed E-state index contributed by atoms with van der Waals surface area (Å²) in [6.45, 7) is 5.34. The van der Waals surface area contributed by atoms with E-state index in [9.17, 15) is 9.59 Å². The van der Waals surface area contributed by atoms with Crippen molar-refractivity contribution in [1.29, 1.82) is 0 Å². The number of amides is 1. The standard InChI is InChI=1S/C22H25Cl2N3O3/c1-15-14-27(17-8-6-16(7-9-17)22(29)30-2)13-12-26(15)11-10-20(28)25-21-18(23)4-3-5-19(21)24/h3-9,15H,10-14H2,1-2H3,(H,25,28). The van der Waals surface area contributed by atoms with Crippen molar-refractivity contribution < 1.29 is 14.3 Å². The van der Waals surface area contributed by atoms with Crippen LogP contribution in [0, 0.1) is 0 Å². The Labute approximate surface area is 186 Å². The summed E-state index contributed by atoms with van der Waals surface area (Å²) in [6, 6.07) is 12.9. The van der Waals surface area contributed by atoms with Crippen molar-refractivity contribution in [2.45, 2.75) is 19.4 Å². The third-order valence-electron chi connectivity index (χ3n) is 5.27. The Balaban J connectivity index is 1.51. The number of rotatable bonds is 6. The fourth-order valence-electron chi connectivity index (χ4n) is 3.55. The maximum atomic E-state index is 12.4. The van der Waals surface area contributed by atoms with E-state index in [4.69, 9.17) is 27.9 Å².